The molecule has 0 bridgehead atoms. The number of hydrogen-bond donors (Lipinski definition) is 3. The summed E-state index contributed by atoms with van der Waals surface area (Å²) >= 11 is 0. The van der Waals surface area contributed by atoms with Gasteiger partial charge in [-0.2, -0.15) is 0 Å². The van der Waals surface area contributed by atoms with E-state index < -0.39 is 6.10 Å². The number of benzene rings is 2. The van der Waals surface area contributed by atoms with E-state index in [1.54, 1.807) is 24.3 Å². The fourth-order valence-corrected chi connectivity index (χ4v) is 2.33. The van der Waals surface area contributed by atoms with Gasteiger partial charge in [-0.05, 0) is 35.6 Å². The van der Waals surface area contributed by atoms with Crippen molar-refractivity contribution in [1.29, 1.82) is 0 Å². The molecule has 0 saturated heterocycles. The molecule has 20 heavy (non-hydrogen) atoms. The summed E-state index contributed by atoms with van der Waals surface area (Å²) in [5.74, 6) is 0.341. The average Bonchev–Trinajstić information content (AvgIpc) is 2.47. The molecule has 0 aromatic heterocycles. The molecule has 2 aromatic carbocycles. The molecule has 0 radical (unpaired) electrons. The molecule has 0 heterocycles. The van der Waals surface area contributed by atoms with Crippen LogP contribution in [0.5, 0.6) is 5.75 Å². The smallest absolute Gasteiger partial charge is 0.115 e. The molecule has 0 spiro atoms. The normalized spacial score (nSPS) is 15.6. The SMILES string of the molecule is CC(Cc1ccccc1)C(N)C(O)c1ccc(O)cc1. The maximum Gasteiger partial charge on any atom is 0.115 e. The van der Waals surface area contributed by atoms with Crippen LogP contribution in [0.4, 0.5) is 0 Å². The fourth-order valence-electron chi connectivity index (χ4n) is 2.33. The average molecular weight is 271 g/mol. The predicted molar refractivity (Wildman–Crippen MR) is 80.4 cm³/mol. The van der Waals surface area contributed by atoms with Crippen molar-refractivity contribution in [1.82, 2.24) is 0 Å². The third kappa shape index (κ3) is 3.59. The summed E-state index contributed by atoms with van der Waals surface area (Å²) in [6.07, 6.45) is 0.103. The van der Waals surface area contributed by atoms with Gasteiger partial charge < -0.3 is 15.9 Å². The Morgan fingerprint density at radius 1 is 1.00 bits per heavy atom. The van der Waals surface area contributed by atoms with Gasteiger partial charge >= 0.3 is 0 Å². The summed E-state index contributed by atoms with van der Waals surface area (Å²) < 4.78 is 0. The van der Waals surface area contributed by atoms with Gasteiger partial charge in [0.1, 0.15) is 5.75 Å². The Balaban J connectivity index is 2.02. The third-order valence-electron chi connectivity index (χ3n) is 3.66. The van der Waals surface area contributed by atoms with Gasteiger partial charge in [0.15, 0.2) is 0 Å². The Bertz CT molecular complexity index is 524. The lowest BCUT2D eigenvalue weighted by Crippen LogP contribution is -2.36. The molecule has 3 heteroatoms. The summed E-state index contributed by atoms with van der Waals surface area (Å²) in [4.78, 5) is 0. The molecule has 3 unspecified atom stereocenters. The lowest BCUT2D eigenvalue weighted by molar-refractivity contribution is 0.121. The first-order chi connectivity index (χ1) is 9.58. The van der Waals surface area contributed by atoms with E-state index in [2.05, 4.69) is 12.1 Å². The summed E-state index contributed by atoms with van der Waals surface area (Å²) in [6, 6.07) is 16.3. The second-order valence-corrected chi connectivity index (χ2v) is 5.28. The first kappa shape index (κ1) is 14.6. The number of hydrogen-bond acceptors (Lipinski definition) is 3. The Morgan fingerprint density at radius 3 is 2.20 bits per heavy atom. The fraction of sp³-hybridized carbons (Fsp3) is 0.294. The van der Waals surface area contributed by atoms with Gasteiger partial charge in [0.2, 0.25) is 0 Å². The predicted octanol–water partition coefficient (Wildman–Crippen LogP) is 2.63. The van der Waals surface area contributed by atoms with Crippen LogP contribution in [0.25, 0.3) is 0 Å². The molecular weight excluding hydrogens is 250 g/mol. The van der Waals surface area contributed by atoms with E-state index in [0.717, 1.165) is 12.0 Å². The van der Waals surface area contributed by atoms with Crippen molar-refractivity contribution in [3.63, 3.8) is 0 Å². The zero-order valence-electron chi connectivity index (χ0n) is 11.6. The maximum atomic E-state index is 10.3. The Morgan fingerprint density at radius 2 is 1.60 bits per heavy atom. The summed E-state index contributed by atoms with van der Waals surface area (Å²) in [5.41, 5.74) is 8.11. The van der Waals surface area contributed by atoms with Crippen molar-refractivity contribution in [3.8, 4) is 5.75 Å². The van der Waals surface area contributed by atoms with Gasteiger partial charge in [0.05, 0.1) is 6.10 Å². The van der Waals surface area contributed by atoms with E-state index in [1.807, 2.05) is 25.1 Å². The molecule has 0 aliphatic heterocycles. The van der Waals surface area contributed by atoms with Crippen LogP contribution >= 0.6 is 0 Å². The van der Waals surface area contributed by atoms with Crippen LogP contribution in [0.15, 0.2) is 54.6 Å². The largest absolute Gasteiger partial charge is 0.508 e. The van der Waals surface area contributed by atoms with E-state index in [4.69, 9.17) is 5.73 Å². The second kappa shape index (κ2) is 6.55. The summed E-state index contributed by atoms with van der Waals surface area (Å²) in [5, 5.41) is 19.6. The van der Waals surface area contributed by atoms with Crippen LogP contribution < -0.4 is 5.73 Å². The molecule has 0 aliphatic rings. The van der Waals surface area contributed by atoms with Crippen molar-refractivity contribution >= 4 is 0 Å². The molecule has 2 aromatic rings. The van der Waals surface area contributed by atoms with Crippen LogP contribution in [0.3, 0.4) is 0 Å². The minimum absolute atomic E-state index is 0.154. The van der Waals surface area contributed by atoms with Crippen LogP contribution in [-0.2, 0) is 6.42 Å². The first-order valence-corrected chi connectivity index (χ1v) is 6.84. The molecule has 0 amide bonds. The van der Waals surface area contributed by atoms with Crippen molar-refractivity contribution in [2.24, 2.45) is 11.7 Å². The summed E-state index contributed by atoms with van der Waals surface area (Å²) in [6.45, 7) is 2.04. The van der Waals surface area contributed by atoms with Gasteiger partial charge in [-0.25, -0.2) is 0 Å². The molecule has 106 valence electrons. The highest BCUT2D eigenvalue weighted by molar-refractivity contribution is 5.28. The molecule has 3 nitrogen and oxygen atoms in total. The third-order valence-corrected chi connectivity index (χ3v) is 3.66. The Kier molecular flexibility index (Phi) is 4.77. The van der Waals surface area contributed by atoms with Crippen LogP contribution in [0, 0.1) is 5.92 Å². The number of nitrogens with two attached hydrogens (primary N) is 1. The molecule has 4 N–H and O–H groups in total. The molecule has 0 aliphatic carbocycles. The zero-order chi connectivity index (χ0) is 14.5. The van der Waals surface area contributed by atoms with Crippen LogP contribution in [-0.4, -0.2) is 16.3 Å². The Hall–Kier alpha value is -1.84. The number of phenolic OH excluding ortho intramolecular Hbond substituents is 1. The minimum atomic E-state index is -0.727. The van der Waals surface area contributed by atoms with Gasteiger partial charge in [-0.1, -0.05) is 49.4 Å². The second-order valence-electron chi connectivity index (χ2n) is 5.28. The number of aliphatic hydroxyl groups is 1. The highest BCUT2D eigenvalue weighted by Gasteiger charge is 2.23. The van der Waals surface area contributed by atoms with E-state index in [1.165, 1.54) is 5.56 Å². The standard InChI is InChI=1S/C17H21NO2/c1-12(11-13-5-3-2-4-6-13)16(18)17(20)14-7-9-15(19)10-8-14/h2-10,12,16-17,19-20H,11,18H2,1H3. The topological polar surface area (TPSA) is 66.5 Å². The van der Waals surface area contributed by atoms with E-state index in [-0.39, 0.29) is 17.7 Å². The minimum Gasteiger partial charge on any atom is -0.508 e. The lowest BCUT2D eigenvalue weighted by Gasteiger charge is -2.25. The number of aliphatic hydroxyl groups excluding tert-OH is 1. The highest BCUT2D eigenvalue weighted by atomic mass is 16.3. The highest BCUT2D eigenvalue weighted by Crippen LogP contribution is 2.24. The number of rotatable bonds is 5. The molecular formula is C17H21NO2. The lowest BCUT2D eigenvalue weighted by atomic mass is 9.88. The molecule has 3 atom stereocenters. The Labute approximate surface area is 119 Å². The van der Waals surface area contributed by atoms with Gasteiger partial charge in [-0.3, -0.25) is 0 Å². The zero-order valence-corrected chi connectivity index (χ0v) is 11.6. The van der Waals surface area contributed by atoms with Gasteiger partial charge in [0, 0.05) is 6.04 Å². The monoisotopic (exact) mass is 271 g/mol. The van der Waals surface area contributed by atoms with Crippen LogP contribution in [0.2, 0.25) is 0 Å². The van der Waals surface area contributed by atoms with Crippen molar-refractivity contribution in [2.75, 3.05) is 0 Å². The number of phenols is 1. The summed E-state index contributed by atoms with van der Waals surface area (Å²) in [7, 11) is 0. The van der Waals surface area contributed by atoms with E-state index >= 15 is 0 Å². The van der Waals surface area contributed by atoms with E-state index in [0.29, 0.717) is 0 Å². The van der Waals surface area contributed by atoms with Gasteiger partial charge in [-0.15, -0.1) is 0 Å². The molecule has 2 rings (SSSR count). The maximum absolute atomic E-state index is 10.3. The van der Waals surface area contributed by atoms with Crippen molar-refractivity contribution < 1.29 is 10.2 Å². The first-order valence-electron chi connectivity index (χ1n) is 6.84. The van der Waals surface area contributed by atoms with Crippen molar-refractivity contribution in [2.45, 2.75) is 25.5 Å². The number of aromatic hydroxyl groups is 1. The van der Waals surface area contributed by atoms with Gasteiger partial charge in [0.25, 0.3) is 0 Å². The van der Waals surface area contributed by atoms with Crippen molar-refractivity contribution in [3.05, 3.63) is 65.7 Å². The molecule has 0 saturated carbocycles. The molecule has 0 fully saturated rings. The van der Waals surface area contributed by atoms with E-state index in [9.17, 15) is 10.2 Å². The quantitative estimate of drug-likeness (QED) is 0.783. The van der Waals surface area contributed by atoms with Crippen LogP contribution in [0.1, 0.15) is 24.2 Å².